The number of benzene rings is 1. The fraction of sp³-hybridized carbons (Fsp3) is 0. The molecule has 0 bridgehead atoms. The summed E-state index contributed by atoms with van der Waals surface area (Å²) >= 11 is 4.76. The minimum Gasteiger partial charge on any atom is -0.478 e. The molecule has 1 aromatic rings. The highest BCUT2D eigenvalue weighted by atomic mass is 127. The molecule has 1 N–H and O–H groups in total. The number of halogens is 2. The molecule has 0 unspecified atom stereocenters. The predicted molar refractivity (Wildman–Crippen MR) is 55.7 cm³/mol. The van der Waals surface area contributed by atoms with Crippen LogP contribution in [0.1, 0.15) is 10.4 Å². The van der Waals surface area contributed by atoms with Gasteiger partial charge in [-0.2, -0.15) is 0 Å². The van der Waals surface area contributed by atoms with Gasteiger partial charge in [0, 0.05) is 0 Å². The average Bonchev–Trinajstić information content (AvgIpc) is 2.03. The molecule has 3 nitrogen and oxygen atoms in total. The molecule has 0 aliphatic heterocycles. The Morgan fingerprint density at radius 1 is 1.58 bits per heavy atom. The van der Waals surface area contributed by atoms with Crippen molar-refractivity contribution < 1.29 is 13.7 Å². The molecular formula is C7H4BrIO3. The van der Waals surface area contributed by atoms with Gasteiger partial charge in [0.05, 0.1) is 3.57 Å². The molecule has 0 saturated carbocycles. The molecule has 0 aliphatic rings. The summed E-state index contributed by atoms with van der Waals surface area (Å²) in [6, 6.07) is 4.92. The lowest BCUT2D eigenvalue weighted by Crippen LogP contribution is -1.99. The summed E-state index contributed by atoms with van der Waals surface area (Å²) in [5, 5.41) is 8.72. The Balaban J connectivity index is 3.27. The fourth-order valence-corrected chi connectivity index (χ4v) is 2.02. The highest BCUT2D eigenvalue weighted by Crippen LogP contribution is 2.26. The van der Waals surface area contributed by atoms with Crippen LogP contribution in [0, 0.1) is 3.57 Å². The SMILES string of the molecule is O=C(O)c1cccc(I)c1OBr. The lowest BCUT2D eigenvalue weighted by atomic mass is 10.2. The van der Waals surface area contributed by atoms with Crippen LogP contribution < -0.4 is 3.83 Å². The number of hydrogen-bond donors (Lipinski definition) is 1. The van der Waals surface area contributed by atoms with Crippen LogP contribution in [-0.4, -0.2) is 11.1 Å². The summed E-state index contributed by atoms with van der Waals surface area (Å²) in [5.41, 5.74) is 0.152. The van der Waals surface area contributed by atoms with Gasteiger partial charge in [0.1, 0.15) is 5.56 Å². The third kappa shape index (κ3) is 1.89. The van der Waals surface area contributed by atoms with E-state index in [4.69, 9.17) is 8.93 Å². The van der Waals surface area contributed by atoms with E-state index >= 15 is 0 Å². The van der Waals surface area contributed by atoms with Crippen molar-refractivity contribution in [2.45, 2.75) is 0 Å². The van der Waals surface area contributed by atoms with Crippen LogP contribution in [0.25, 0.3) is 0 Å². The topological polar surface area (TPSA) is 46.5 Å². The van der Waals surface area contributed by atoms with E-state index in [2.05, 4.69) is 16.3 Å². The van der Waals surface area contributed by atoms with Gasteiger partial charge in [0.15, 0.2) is 22.0 Å². The van der Waals surface area contributed by atoms with Gasteiger partial charge in [-0.25, -0.2) is 4.79 Å². The van der Waals surface area contributed by atoms with E-state index in [-0.39, 0.29) is 5.56 Å². The lowest BCUT2D eigenvalue weighted by Gasteiger charge is -2.03. The van der Waals surface area contributed by atoms with Gasteiger partial charge >= 0.3 is 5.97 Å². The molecular weight excluding hydrogens is 339 g/mol. The second-order valence-electron chi connectivity index (χ2n) is 2.00. The van der Waals surface area contributed by atoms with Gasteiger partial charge in [-0.15, -0.1) is 0 Å². The van der Waals surface area contributed by atoms with Crippen LogP contribution in [0.5, 0.6) is 5.75 Å². The standard InChI is InChI=1S/C7H4BrIO3/c8-12-6-4(7(10)11)2-1-3-5(6)9/h1-3H,(H,10,11). The Hall–Kier alpha value is -0.300. The minimum absolute atomic E-state index is 0.152. The van der Waals surface area contributed by atoms with Crippen molar-refractivity contribution >= 4 is 44.8 Å². The largest absolute Gasteiger partial charge is 0.478 e. The molecule has 0 heterocycles. The molecule has 0 aromatic heterocycles. The first-order chi connectivity index (χ1) is 5.66. The van der Waals surface area contributed by atoms with Gasteiger partial charge in [0.2, 0.25) is 0 Å². The summed E-state index contributed by atoms with van der Waals surface area (Å²) in [4.78, 5) is 10.6. The molecule has 64 valence electrons. The molecule has 1 rings (SSSR count). The van der Waals surface area contributed by atoms with Crippen LogP contribution in [-0.2, 0) is 0 Å². The van der Waals surface area contributed by atoms with Crippen molar-refractivity contribution in [3.63, 3.8) is 0 Å². The number of rotatable bonds is 2. The molecule has 0 spiro atoms. The Bertz CT molecular complexity index is 314. The van der Waals surface area contributed by atoms with Gasteiger partial charge in [0.25, 0.3) is 0 Å². The van der Waals surface area contributed by atoms with Gasteiger partial charge < -0.3 is 8.93 Å². The Morgan fingerprint density at radius 2 is 2.25 bits per heavy atom. The van der Waals surface area contributed by atoms with Crippen molar-refractivity contribution in [2.24, 2.45) is 0 Å². The van der Waals surface area contributed by atoms with Crippen LogP contribution in [0.2, 0.25) is 0 Å². The van der Waals surface area contributed by atoms with Crippen LogP contribution >= 0.6 is 38.8 Å². The van der Waals surface area contributed by atoms with Crippen molar-refractivity contribution in [1.82, 2.24) is 0 Å². The van der Waals surface area contributed by atoms with E-state index in [0.717, 1.165) is 3.57 Å². The predicted octanol–water partition coefficient (Wildman–Crippen LogP) is 2.68. The summed E-state index contributed by atoms with van der Waals surface area (Å²) in [7, 11) is 0. The van der Waals surface area contributed by atoms with Crippen molar-refractivity contribution in [1.29, 1.82) is 0 Å². The molecule has 0 radical (unpaired) electrons. The third-order valence-electron chi connectivity index (χ3n) is 1.27. The molecule has 12 heavy (non-hydrogen) atoms. The number of aromatic carboxylic acids is 1. The molecule has 1 aromatic carbocycles. The minimum atomic E-state index is -0.997. The van der Waals surface area contributed by atoms with Crippen LogP contribution in [0.15, 0.2) is 18.2 Å². The second kappa shape index (κ2) is 4.08. The molecule has 0 aliphatic carbocycles. The third-order valence-corrected chi connectivity index (χ3v) is 2.45. The van der Waals surface area contributed by atoms with E-state index in [1.54, 1.807) is 12.1 Å². The highest BCUT2D eigenvalue weighted by Gasteiger charge is 2.13. The maximum absolute atomic E-state index is 10.6. The number of carboxylic acid groups (broad SMARTS) is 1. The quantitative estimate of drug-likeness (QED) is 0.840. The zero-order valence-corrected chi connectivity index (χ0v) is 9.50. The van der Waals surface area contributed by atoms with E-state index in [1.165, 1.54) is 6.07 Å². The number of carbonyl (C=O) groups is 1. The van der Waals surface area contributed by atoms with Crippen LogP contribution in [0.4, 0.5) is 0 Å². The maximum atomic E-state index is 10.6. The smallest absolute Gasteiger partial charge is 0.339 e. The zero-order chi connectivity index (χ0) is 9.14. The molecule has 0 amide bonds. The highest BCUT2D eigenvalue weighted by molar-refractivity contribution is 14.1. The van der Waals surface area contributed by atoms with Gasteiger partial charge in [-0.3, -0.25) is 0 Å². The molecule has 5 heteroatoms. The number of carboxylic acids is 1. The Kier molecular flexibility index (Phi) is 3.33. The Morgan fingerprint density at radius 3 is 2.67 bits per heavy atom. The van der Waals surface area contributed by atoms with Gasteiger partial charge in [-0.05, 0) is 34.7 Å². The van der Waals surface area contributed by atoms with E-state index < -0.39 is 5.97 Å². The second-order valence-corrected chi connectivity index (χ2v) is 3.48. The molecule has 0 atom stereocenters. The maximum Gasteiger partial charge on any atom is 0.339 e. The monoisotopic (exact) mass is 342 g/mol. The van der Waals surface area contributed by atoms with E-state index in [9.17, 15) is 4.79 Å². The summed E-state index contributed by atoms with van der Waals surface area (Å²) in [6.07, 6.45) is 0. The first-order valence-corrected chi connectivity index (χ1v) is 4.70. The summed E-state index contributed by atoms with van der Waals surface area (Å²) in [6.45, 7) is 0. The lowest BCUT2D eigenvalue weighted by molar-refractivity contribution is 0.0695. The number of para-hydroxylation sites is 1. The van der Waals surface area contributed by atoms with Crippen molar-refractivity contribution in [3.8, 4) is 5.75 Å². The van der Waals surface area contributed by atoms with E-state index in [0.29, 0.717) is 5.75 Å². The Labute approximate surface area is 91.3 Å². The van der Waals surface area contributed by atoms with Gasteiger partial charge in [-0.1, -0.05) is 6.07 Å². The van der Waals surface area contributed by atoms with Crippen molar-refractivity contribution in [3.05, 3.63) is 27.3 Å². The van der Waals surface area contributed by atoms with Crippen molar-refractivity contribution in [2.75, 3.05) is 0 Å². The zero-order valence-electron chi connectivity index (χ0n) is 5.75. The fourth-order valence-electron chi connectivity index (χ4n) is 0.756. The average molecular weight is 343 g/mol. The molecule has 0 fully saturated rings. The first kappa shape index (κ1) is 9.79. The summed E-state index contributed by atoms with van der Waals surface area (Å²) < 4.78 is 5.52. The van der Waals surface area contributed by atoms with Crippen LogP contribution in [0.3, 0.4) is 0 Å². The normalized spacial score (nSPS) is 9.50. The van der Waals surface area contributed by atoms with E-state index in [1.807, 2.05) is 22.6 Å². The summed E-state index contributed by atoms with van der Waals surface area (Å²) in [5.74, 6) is -0.659. The molecule has 0 saturated heterocycles. The first-order valence-electron chi connectivity index (χ1n) is 2.97. The number of hydrogen-bond acceptors (Lipinski definition) is 2.